The number of hydrogen-bond donors (Lipinski definition) is 3. The second kappa shape index (κ2) is 8.81. The van der Waals surface area contributed by atoms with Crippen LogP contribution >= 0.6 is 11.8 Å². The Morgan fingerprint density at radius 1 is 1.47 bits per heavy atom. The molecule has 1 aromatic heterocycles. The zero-order valence-corrected chi connectivity index (χ0v) is 19.4. The quantitative estimate of drug-likeness (QED) is 0.543. The first kappa shape index (κ1) is 23.9. The minimum Gasteiger partial charge on any atom is -0.394 e. The SMILES string of the molecule is [C-]#[N+]c1ccc(/C(F)=C/c2ccc(F)c([C@@]3(C)N=C(N)S[C@@]4(C(=O)NC(C)CO)C[C@H]43)c2)nc1. The number of rotatable bonds is 6. The molecule has 2 aliphatic rings. The van der Waals surface area contributed by atoms with E-state index in [2.05, 4.69) is 20.1 Å². The normalized spacial score (nSPS) is 26.6. The van der Waals surface area contributed by atoms with Crippen LogP contribution in [0, 0.1) is 18.3 Å². The molecule has 1 aliphatic carbocycles. The lowest BCUT2D eigenvalue weighted by Gasteiger charge is -2.34. The van der Waals surface area contributed by atoms with Crippen molar-refractivity contribution in [2.24, 2.45) is 16.6 Å². The molecule has 1 aromatic carbocycles. The zero-order chi connectivity index (χ0) is 24.7. The van der Waals surface area contributed by atoms with Gasteiger partial charge < -0.3 is 16.2 Å². The third kappa shape index (κ3) is 4.17. The average molecular weight is 484 g/mol. The smallest absolute Gasteiger partial charge is 0.237 e. The number of carbonyl (C=O) groups is 1. The number of nitrogens with two attached hydrogens (primary N) is 1. The fourth-order valence-electron chi connectivity index (χ4n) is 4.30. The number of amidine groups is 1. The molecule has 4 rings (SSSR count). The van der Waals surface area contributed by atoms with Crippen LogP contribution in [0.15, 0.2) is 41.5 Å². The zero-order valence-electron chi connectivity index (χ0n) is 18.5. The highest BCUT2D eigenvalue weighted by molar-refractivity contribution is 8.15. The van der Waals surface area contributed by atoms with Crippen molar-refractivity contribution in [1.82, 2.24) is 10.3 Å². The number of thioether (sulfide) groups is 1. The van der Waals surface area contributed by atoms with Gasteiger partial charge in [0.25, 0.3) is 0 Å². The first-order chi connectivity index (χ1) is 16.1. The van der Waals surface area contributed by atoms with Crippen molar-refractivity contribution < 1.29 is 18.7 Å². The van der Waals surface area contributed by atoms with Crippen molar-refractivity contribution in [3.63, 3.8) is 0 Å². The Labute approximate surface area is 200 Å². The van der Waals surface area contributed by atoms with Gasteiger partial charge in [-0.25, -0.2) is 13.6 Å². The fourth-order valence-corrected chi connectivity index (χ4v) is 5.68. The van der Waals surface area contributed by atoms with E-state index in [-0.39, 0.29) is 34.9 Å². The number of aliphatic hydroxyl groups is 1. The molecule has 2 heterocycles. The molecule has 0 bridgehead atoms. The van der Waals surface area contributed by atoms with Gasteiger partial charge >= 0.3 is 0 Å². The summed E-state index contributed by atoms with van der Waals surface area (Å²) in [6.07, 6.45) is 2.94. The summed E-state index contributed by atoms with van der Waals surface area (Å²) < 4.78 is 28.9. The fraction of sp³-hybridized carbons (Fsp3) is 0.333. The molecule has 176 valence electrons. The van der Waals surface area contributed by atoms with Crippen molar-refractivity contribution in [3.8, 4) is 0 Å². The molecule has 1 unspecified atom stereocenters. The predicted octanol–water partition coefficient (Wildman–Crippen LogP) is 3.77. The molecule has 1 aliphatic heterocycles. The molecular weight excluding hydrogens is 460 g/mol. The van der Waals surface area contributed by atoms with Gasteiger partial charge in [0.1, 0.15) is 16.4 Å². The van der Waals surface area contributed by atoms with Crippen molar-refractivity contribution >= 4 is 40.4 Å². The largest absolute Gasteiger partial charge is 0.394 e. The molecule has 10 heteroatoms. The molecule has 34 heavy (non-hydrogen) atoms. The first-order valence-electron chi connectivity index (χ1n) is 10.6. The van der Waals surface area contributed by atoms with E-state index in [1.165, 1.54) is 42.6 Å². The molecule has 7 nitrogen and oxygen atoms in total. The number of amides is 1. The maximum atomic E-state index is 15.0. The molecule has 1 saturated carbocycles. The van der Waals surface area contributed by atoms with Gasteiger partial charge in [-0.2, -0.15) is 0 Å². The number of aliphatic imine (C=N–C) groups is 1. The summed E-state index contributed by atoms with van der Waals surface area (Å²) in [5, 5.41) is 12.2. The minimum atomic E-state index is -1.13. The van der Waals surface area contributed by atoms with Crippen molar-refractivity contribution in [3.05, 3.63) is 70.6 Å². The number of nitrogens with one attached hydrogen (secondary N) is 1. The number of aliphatic hydroxyl groups excluding tert-OH is 1. The first-order valence-corrected chi connectivity index (χ1v) is 11.4. The lowest BCUT2D eigenvalue weighted by molar-refractivity contribution is -0.122. The van der Waals surface area contributed by atoms with E-state index in [1.54, 1.807) is 13.8 Å². The van der Waals surface area contributed by atoms with E-state index in [0.717, 1.165) is 11.8 Å². The van der Waals surface area contributed by atoms with Crippen LogP contribution in [0.5, 0.6) is 0 Å². The number of aromatic nitrogens is 1. The number of halogens is 2. The van der Waals surface area contributed by atoms with Crippen LogP contribution < -0.4 is 11.1 Å². The highest BCUT2D eigenvalue weighted by atomic mass is 32.2. The summed E-state index contributed by atoms with van der Waals surface area (Å²) in [6.45, 7) is 10.2. The van der Waals surface area contributed by atoms with Crippen LogP contribution in [0.4, 0.5) is 14.5 Å². The molecule has 0 spiro atoms. The van der Waals surface area contributed by atoms with Crippen LogP contribution in [0.2, 0.25) is 0 Å². The summed E-state index contributed by atoms with van der Waals surface area (Å²) in [6, 6.07) is 6.62. The molecule has 0 saturated heterocycles. The Morgan fingerprint density at radius 3 is 2.88 bits per heavy atom. The standard InChI is InChI=1S/C24H23F2N5O2S/c1-13(12-32)30-21(33)24-10-20(24)23(2,31-22(27)34-24)16-8-14(4-6-17(16)25)9-18(26)19-7-5-15(28-3)11-29-19/h4-9,11,13,20,32H,10,12H2,1-2H3,(H2,27,31)(H,30,33)/b18-9-/t13?,20-,23+,24-/m0/s1. The topological polar surface area (TPSA) is 105 Å². The van der Waals surface area contributed by atoms with E-state index in [9.17, 15) is 14.3 Å². The van der Waals surface area contributed by atoms with Gasteiger partial charge in [-0.3, -0.25) is 14.8 Å². The average Bonchev–Trinajstić information content (AvgIpc) is 3.57. The number of benzene rings is 1. The number of hydrogen-bond acceptors (Lipinski definition) is 6. The Hall–Kier alpha value is -3.29. The van der Waals surface area contributed by atoms with Gasteiger partial charge in [-0.05, 0) is 50.1 Å². The van der Waals surface area contributed by atoms with Gasteiger partial charge in [0.05, 0.1) is 24.4 Å². The predicted molar refractivity (Wildman–Crippen MR) is 128 cm³/mol. The highest BCUT2D eigenvalue weighted by Gasteiger charge is 2.70. The van der Waals surface area contributed by atoms with Crippen molar-refractivity contribution in [2.45, 2.75) is 36.6 Å². The number of nitrogens with zero attached hydrogens (tertiary/aromatic N) is 3. The molecule has 4 atom stereocenters. The monoisotopic (exact) mass is 483 g/mol. The third-order valence-corrected chi connectivity index (χ3v) is 7.51. The summed E-state index contributed by atoms with van der Waals surface area (Å²) in [5.74, 6) is -1.78. The van der Waals surface area contributed by atoms with E-state index in [0.29, 0.717) is 17.7 Å². The second-order valence-corrected chi connectivity index (χ2v) is 10.00. The summed E-state index contributed by atoms with van der Waals surface area (Å²) in [4.78, 5) is 24.7. The maximum absolute atomic E-state index is 15.0. The third-order valence-electron chi connectivity index (χ3n) is 6.20. The summed E-state index contributed by atoms with van der Waals surface area (Å²) >= 11 is 1.15. The summed E-state index contributed by atoms with van der Waals surface area (Å²) in [7, 11) is 0. The lowest BCUT2D eigenvalue weighted by atomic mass is 9.84. The second-order valence-electron chi connectivity index (χ2n) is 8.65. The molecule has 2 aromatic rings. The van der Waals surface area contributed by atoms with E-state index < -0.39 is 28.0 Å². The Kier molecular flexibility index (Phi) is 6.18. The van der Waals surface area contributed by atoms with E-state index in [4.69, 9.17) is 12.3 Å². The van der Waals surface area contributed by atoms with Crippen LogP contribution in [0.1, 0.15) is 37.1 Å². The van der Waals surface area contributed by atoms with E-state index >= 15 is 4.39 Å². The molecule has 4 N–H and O–H groups in total. The molecule has 0 radical (unpaired) electrons. The Balaban J connectivity index is 1.68. The van der Waals surface area contributed by atoms with Gasteiger partial charge in [0, 0.05) is 23.7 Å². The van der Waals surface area contributed by atoms with Crippen LogP contribution in [-0.2, 0) is 10.3 Å². The van der Waals surface area contributed by atoms with Gasteiger partial charge in [-0.1, -0.05) is 23.9 Å². The minimum absolute atomic E-state index is 0.0525. The van der Waals surface area contributed by atoms with Crippen LogP contribution in [0.25, 0.3) is 16.7 Å². The number of pyridine rings is 1. The lowest BCUT2D eigenvalue weighted by Crippen LogP contribution is -2.47. The molecule has 1 amide bonds. The Morgan fingerprint density at radius 2 is 2.24 bits per heavy atom. The van der Waals surface area contributed by atoms with Crippen LogP contribution in [0.3, 0.4) is 0 Å². The van der Waals surface area contributed by atoms with Gasteiger partial charge in [0.2, 0.25) is 11.6 Å². The Bertz CT molecular complexity index is 1240. The number of carbonyl (C=O) groups excluding carboxylic acids is 1. The van der Waals surface area contributed by atoms with Gasteiger partial charge in [-0.15, -0.1) is 0 Å². The van der Waals surface area contributed by atoms with Crippen LogP contribution in [-0.4, -0.2) is 38.6 Å². The number of fused-ring (bicyclic) bond motifs is 1. The highest BCUT2D eigenvalue weighted by Crippen LogP contribution is 2.66. The molecular formula is C24H23F2N5O2S. The van der Waals surface area contributed by atoms with E-state index in [1.807, 2.05) is 0 Å². The van der Waals surface area contributed by atoms with Crippen molar-refractivity contribution in [1.29, 1.82) is 0 Å². The summed E-state index contributed by atoms with van der Waals surface area (Å²) in [5.41, 5.74) is 5.90. The van der Waals surface area contributed by atoms with Crippen molar-refractivity contribution in [2.75, 3.05) is 6.61 Å². The van der Waals surface area contributed by atoms with Gasteiger partial charge in [0.15, 0.2) is 5.17 Å². The maximum Gasteiger partial charge on any atom is 0.237 e. The molecule has 1 fully saturated rings.